The van der Waals surface area contributed by atoms with Crippen molar-refractivity contribution in [3.8, 4) is 0 Å². The molecular weight excluding hydrogens is 338 g/mol. The molecule has 1 unspecified atom stereocenters. The second kappa shape index (κ2) is 7.65. The third kappa shape index (κ3) is 3.60. The van der Waals surface area contributed by atoms with E-state index in [1.807, 2.05) is 0 Å². The minimum Gasteiger partial charge on any atom is -0.479 e. The van der Waals surface area contributed by atoms with Gasteiger partial charge in [0.2, 0.25) is 0 Å². The highest BCUT2D eigenvalue weighted by atomic mass is 16.5. The SMILES string of the molecule is COC(CNC(=O)c1ccc2c(=O)n3c(nc2c1)CCCCC3)C(=O)O. The van der Waals surface area contributed by atoms with Crippen LogP contribution >= 0.6 is 0 Å². The third-order valence-corrected chi connectivity index (χ3v) is 4.59. The molecule has 3 rings (SSSR count). The van der Waals surface area contributed by atoms with E-state index < -0.39 is 18.0 Å². The molecule has 0 spiro atoms. The van der Waals surface area contributed by atoms with Gasteiger partial charge in [0.15, 0.2) is 6.10 Å². The molecule has 8 heteroatoms. The number of nitrogens with one attached hydrogen (secondary N) is 1. The van der Waals surface area contributed by atoms with Crippen molar-refractivity contribution in [2.75, 3.05) is 13.7 Å². The fourth-order valence-corrected chi connectivity index (χ4v) is 3.12. The molecule has 2 N–H and O–H groups in total. The monoisotopic (exact) mass is 359 g/mol. The Morgan fingerprint density at radius 3 is 2.88 bits per heavy atom. The molecule has 0 fully saturated rings. The van der Waals surface area contributed by atoms with Gasteiger partial charge in [-0.3, -0.25) is 14.2 Å². The number of nitrogens with zero attached hydrogens (tertiary/aromatic N) is 2. The smallest absolute Gasteiger partial charge is 0.334 e. The summed E-state index contributed by atoms with van der Waals surface area (Å²) in [6.07, 6.45) is 2.65. The summed E-state index contributed by atoms with van der Waals surface area (Å²) < 4.78 is 6.51. The van der Waals surface area contributed by atoms with E-state index in [1.165, 1.54) is 7.11 Å². The summed E-state index contributed by atoms with van der Waals surface area (Å²) in [6.45, 7) is 0.524. The molecule has 1 aromatic heterocycles. The first-order valence-corrected chi connectivity index (χ1v) is 8.58. The number of ether oxygens (including phenoxy) is 1. The Morgan fingerprint density at radius 1 is 1.35 bits per heavy atom. The zero-order valence-corrected chi connectivity index (χ0v) is 14.5. The number of carboxylic acid groups (broad SMARTS) is 1. The van der Waals surface area contributed by atoms with Crippen LogP contribution in [0.15, 0.2) is 23.0 Å². The lowest BCUT2D eigenvalue weighted by Gasteiger charge is -2.13. The topological polar surface area (TPSA) is 111 Å². The van der Waals surface area contributed by atoms with Crippen molar-refractivity contribution in [1.29, 1.82) is 0 Å². The van der Waals surface area contributed by atoms with Crippen LogP contribution in [0.4, 0.5) is 0 Å². The van der Waals surface area contributed by atoms with Crippen molar-refractivity contribution in [3.63, 3.8) is 0 Å². The number of carbonyl (C=O) groups excluding carboxylic acids is 1. The second-order valence-electron chi connectivity index (χ2n) is 6.30. The number of methoxy groups -OCH3 is 1. The standard InChI is InChI=1S/C18H21N3O5/c1-26-14(18(24)25)10-19-16(22)11-6-7-12-13(9-11)20-15-5-3-2-4-8-21(15)17(12)23/h6-7,9,14H,2-5,8,10H2,1H3,(H,19,22)(H,24,25). The molecule has 1 aromatic carbocycles. The number of carbonyl (C=O) groups is 2. The summed E-state index contributed by atoms with van der Waals surface area (Å²) >= 11 is 0. The summed E-state index contributed by atoms with van der Waals surface area (Å²) in [4.78, 5) is 40.5. The molecule has 1 aliphatic heterocycles. The van der Waals surface area contributed by atoms with Gasteiger partial charge in [0.25, 0.3) is 11.5 Å². The first kappa shape index (κ1) is 18.1. The van der Waals surface area contributed by atoms with Gasteiger partial charge in [0.05, 0.1) is 17.4 Å². The lowest BCUT2D eigenvalue weighted by atomic mass is 10.1. The van der Waals surface area contributed by atoms with Gasteiger partial charge in [0.1, 0.15) is 5.82 Å². The van der Waals surface area contributed by atoms with E-state index in [2.05, 4.69) is 10.3 Å². The highest BCUT2D eigenvalue weighted by Gasteiger charge is 2.19. The maximum Gasteiger partial charge on any atom is 0.334 e. The predicted octanol–water partition coefficient (Wildman–Crippen LogP) is 0.952. The van der Waals surface area contributed by atoms with Gasteiger partial charge in [-0.05, 0) is 31.0 Å². The number of aromatic nitrogens is 2. The van der Waals surface area contributed by atoms with Gasteiger partial charge >= 0.3 is 5.97 Å². The Balaban J connectivity index is 1.88. The van der Waals surface area contributed by atoms with Crippen LogP contribution in [0.3, 0.4) is 0 Å². The van der Waals surface area contributed by atoms with E-state index in [-0.39, 0.29) is 12.1 Å². The first-order chi connectivity index (χ1) is 12.5. The van der Waals surface area contributed by atoms with Gasteiger partial charge in [-0.15, -0.1) is 0 Å². The van der Waals surface area contributed by atoms with Gasteiger partial charge in [-0.2, -0.15) is 0 Å². The summed E-state index contributed by atoms with van der Waals surface area (Å²) in [7, 11) is 1.27. The maximum atomic E-state index is 12.7. The highest BCUT2D eigenvalue weighted by molar-refractivity contribution is 5.97. The van der Waals surface area contributed by atoms with Crippen LogP contribution in [0.1, 0.15) is 35.4 Å². The molecule has 0 saturated heterocycles. The van der Waals surface area contributed by atoms with Crippen LogP contribution in [-0.4, -0.2) is 46.3 Å². The van der Waals surface area contributed by atoms with Crippen molar-refractivity contribution >= 4 is 22.8 Å². The van der Waals surface area contributed by atoms with E-state index in [9.17, 15) is 14.4 Å². The lowest BCUT2D eigenvalue weighted by molar-refractivity contribution is -0.148. The van der Waals surface area contributed by atoms with Crippen molar-refractivity contribution < 1.29 is 19.4 Å². The van der Waals surface area contributed by atoms with Crippen molar-refractivity contribution in [3.05, 3.63) is 39.9 Å². The zero-order chi connectivity index (χ0) is 18.7. The second-order valence-corrected chi connectivity index (χ2v) is 6.30. The molecule has 2 heterocycles. The molecule has 138 valence electrons. The zero-order valence-electron chi connectivity index (χ0n) is 14.5. The van der Waals surface area contributed by atoms with E-state index in [0.717, 1.165) is 31.5 Å². The number of aliphatic carboxylic acids is 1. The predicted molar refractivity (Wildman–Crippen MR) is 94.3 cm³/mol. The van der Waals surface area contributed by atoms with Crippen molar-refractivity contribution in [1.82, 2.24) is 14.9 Å². The number of amides is 1. The summed E-state index contributed by atoms with van der Waals surface area (Å²) in [5, 5.41) is 11.9. The largest absolute Gasteiger partial charge is 0.479 e. The number of benzene rings is 1. The van der Waals surface area contributed by atoms with Crippen LogP contribution in [-0.2, 0) is 22.5 Å². The van der Waals surface area contributed by atoms with Gasteiger partial charge in [-0.1, -0.05) is 6.42 Å². The van der Waals surface area contributed by atoms with E-state index >= 15 is 0 Å². The molecular formula is C18H21N3O5. The first-order valence-electron chi connectivity index (χ1n) is 8.58. The number of rotatable bonds is 5. The molecule has 0 bridgehead atoms. The fourth-order valence-electron chi connectivity index (χ4n) is 3.12. The quantitative estimate of drug-likeness (QED) is 0.822. The molecule has 1 atom stereocenters. The summed E-state index contributed by atoms with van der Waals surface area (Å²) in [5.74, 6) is -0.835. The summed E-state index contributed by atoms with van der Waals surface area (Å²) in [6, 6.07) is 4.72. The van der Waals surface area contributed by atoms with Gasteiger partial charge in [0, 0.05) is 25.6 Å². The lowest BCUT2D eigenvalue weighted by Crippen LogP contribution is -2.37. The number of hydrogen-bond acceptors (Lipinski definition) is 5. The minimum atomic E-state index is -1.15. The Morgan fingerprint density at radius 2 is 2.15 bits per heavy atom. The normalized spacial score (nSPS) is 15.1. The molecule has 8 nitrogen and oxygen atoms in total. The van der Waals surface area contributed by atoms with E-state index in [1.54, 1.807) is 22.8 Å². The van der Waals surface area contributed by atoms with Crippen LogP contribution in [0.5, 0.6) is 0 Å². The number of aryl methyl sites for hydroxylation is 1. The molecule has 2 aromatic rings. The Labute approximate surface area is 149 Å². The molecule has 0 aliphatic carbocycles. The molecule has 1 aliphatic rings. The van der Waals surface area contributed by atoms with Crippen LogP contribution in [0, 0.1) is 0 Å². The average Bonchev–Trinajstić information content (AvgIpc) is 2.87. The number of fused-ring (bicyclic) bond motifs is 2. The Hall–Kier alpha value is -2.74. The Bertz CT molecular complexity index is 906. The van der Waals surface area contributed by atoms with Crippen LogP contribution in [0.25, 0.3) is 10.9 Å². The van der Waals surface area contributed by atoms with E-state index in [0.29, 0.717) is 23.0 Å². The van der Waals surface area contributed by atoms with Crippen LogP contribution in [0.2, 0.25) is 0 Å². The fraction of sp³-hybridized carbons (Fsp3) is 0.444. The van der Waals surface area contributed by atoms with Crippen molar-refractivity contribution in [2.24, 2.45) is 0 Å². The maximum absolute atomic E-state index is 12.7. The van der Waals surface area contributed by atoms with E-state index in [4.69, 9.17) is 9.84 Å². The molecule has 0 radical (unpaired) electrons. The minimum absolute atomic E-state index is 0.0795. The summed E-state index contributed by atoms with van der Waals surface area (Å²) in [5.41, 5.74) is 0.727. The van der Waals surface area contributed by atoms with Crippen LogP contribution < -0.4 is 10.9 Å². The molecule has 1 amide bonds. The van der Waals surface area contributed by atoms with Gasteiger partial charge < -0.3 is 15.2 Å². The van der Waals surface area contributed by atoms with Crippen molar-refractivity contribution in [2.45, 2.75) is 38.3 Å². The van der Waals surface area contributed by atoms with Gasteiger partial charge in [-0.25, -0.2) is 9.78 Å². The average molecular weight is 359 g/mol. The number of carboxylic acids is 1. The molecule has 0 saturated carbocycles. The highest BCUT2D eigenvalue weighted by Crippen LogP contribution is 2.16. The third-order valence-electron chi connectivity index (χ3n) is 4.59. The number of hydrogen-bond donors (Lipinski definition) is 2. The molecule has 26 heavy (non-hydrogen) atoms. The Kier molecular flexibility index (Phi) is 5.32.